The van der Waals surface area contributed by atoms with Crippen LogP contribution in [0.2, 0.25) is 0 Å². The van der Waals surface area contributed by atoms with Crippen molar-refractivity contribution in [2.24, 2.45) is 0 Å². The lowest BCUT2D eigenvalue weighted by atomic mass is 10.1. The van der Waals surface area contributed by atoms with Crippen LogP contribution in [0.15, 0.2) is 73.1 Å². The van der Waals surface area contributed by atoms with Gasteiger partial charge in [-0.15, -0.1) is 0 Å². The predicted molar refractivity (Wildman–Crippen MR) is 111 cm³/mol. The van der Waals surface area contributed by atoms with Crippen LogP contribution in [0, 0.1) is 0 Å². The standard InChI is InChI=1S/C22H21N5O2/c28-21(25-18-6-2-1-3-7-18)19-16-17(9-11-23-19)22(29)27-14-12-26(13-15-27)20-8-4-5-10-24-20/h1-11,16H,12-15H2,(H,25,28). The van der Waals surface area contributed by atoms with Crippen molar-refractivity contribution in [1.82, 2.24) is 14.9 Å². The summed E-state index contributed by atoms with van der Waals surface area (Å²) in [6, 6.07) is 18.2. The molecule has 0 aliphatic carbocycles. The number of rotatable bonds is 4. The van der Waals surface area contributed by atoms with Gasteiger partial charge < -0.3 is 15.1 Å². The van der Waals surface area contributed by atoms with Gasteiger partial charge in [0, 0.05) is 49.8 Å². The van der Waals surface area contributed by atoms with Gasteiger partial charge in [0.05, 0.1) is 0 Å². The van der Waals surface area contributed by atoms with Crippen LogP contribution in [0.25, 0.3) is 0 Å². The van der Waals surface area contributed by atoms with Gasteiger partial charge in [-0.1, -0.05) is 24.3 Å². The molecule has 0 saturated carbocycles. The number of para-hydroxylation sites is 1. The van der Waals surface area contributed by atoms with Crippen molar-refractivity contribution in [3.63, 3.8) is 0 Å². The Morgan fingerprint density at radius 2 is 1.59 bits per heavy atom. The highest BCUT2D eigenvalue weighted by Gasteiger charge is 2.23. The lowest BCUT2D eigenvalue weighted by Gasteiger charge is -2.35. The summed E-state index contributed by atoms with van der Waals surface area (Å²) in [5.74, 6) is 0.482. The van der Waals surface area contributed by atoms with E-state index in [0.717, 1.165) is 18.9 Å². The molecule has 7 heteroatoms. The summed E-state index contributed by atoms with van der Waals surface area (Å²) >= 11 is 0. The minimum Gasteiger partial charge on any atom is -0.353 e. The van der Waals surface area contributed by atoms with Gasteiger partial charge in [-0.2, -0.15) is 0 Å². The van der Waals surface area contributed by atoms with E-state index in [2.05, 4.69) is 20.2 Å². The van der Waals surface area contributed by atoms with Crippen LogP contribution >= 0.6 is 0 Å². The third-order valence-electron chi connectivity index (χ3n) is 4.81. The Kier molecular flexibility index (Phi) is 5.47. The van der Waals surface area contributed by atoms with Gasteiger partial charge in [0.25, 0.3) is 11.8 Å². The van der Waals surface area contributed by atoms with Crippen molar-refractivity contribution < 1.29 is 9.59 Å². The molecule has 29 heavy (non-hydrogen) atoms. The van der Waals surface area contributed by atoms with E-state index < -0.39 is 0 Å². The molecule has 0 radical (unpaired) electrons. The fraction of sp³-hybridized carbons (Fsp3) is 0.182. The zero-order valence-corrected chi connectivity index (χ0v) is 15.9. The molecular formula is C22H21N5O2. The van der Waals surface area contributed by atoms with E-state index in [1.807, 2.05) is 36.4 Å². The summed E-state index contributed by atoms with van der Waals surface area (Å²) in [6.07, 6.45) is 3.27. The van der Waals surface area contributed by atoms with Gasteiger partial charge in [-0.05, 0) is 36.4 Å². The fourth-order valence-electron chi connectivity index (χ4n) is 3.27. The number of nitrogens with one attached hydrogen (secondary N) is 1. The third kappa shape index (κ3) is 4.40. The number of amides is 2. The second-order valence-electron chi connectivity index (χ2n) is 6.72. The van der Waals surface area contributed by atoms with E-state index in [9.17, 15) is 9.59 Å². The van der Waals surface area contributed by atoms with Gasteiger partial charge in [-0.3, -0.25) is 14.6 Å². The van der Waals surface area contributed by atoms with E-state index in [1.165, 1.54) is 6.20 Å². The Balaban J connectivity index is 1.40. The number of carbonyl (C=O) groups is 2. The second kappa shape index (κ2) is 8.52. The molecule has 0 unspecified atom stereocenters. The molecule has 3 aromatic rings. The summed E-state index contributed by atoms with van der Waals surface area (Å²) < 4.78 is 0. The second-order valence-corrected chi connectivity index (χ2v) is 6.72. The van der Waals surface area contributed by atoms with E-state index in [-0.39, 0.29) is 17.5 Å². The first-order chi connectivity index (χ1) is 14.2. The van der Waals surface area contributed by atoms with Crippen molar-refractivity contribution in [2.45, 2.75) is 0 Å². The quantitative estimate of drug-likeness (QED) is 0.745. The number of carbonyl (C=O) groups excluding carboxylic acids is 2. The first-order valence-corrected chi connectivity index (χ1v) is 9.48. The zero-order chi connectivity index (χ0) is 20.1. The van der Waals surface area contributed by atoms with Gasteiger partial charge in [0.15, 0.2) is 0 Å². The molecule has 1 fully saturated rings. The molecule has 2 amide bonds. The number of pyridine rings is 2. The van der Waals surface area contributed by atoms with Crippen LogP contribution in [0.5, 0.6) is 0 Å². The molecular weight excluding hydrogens is 366 g/mol. The average Bonchev–Trinajstić information content (AvgIpc) is 2.80. The highest BCUT2D eigenvalue weighted by molar-refractivity contribution is 6.04. The fourth-order valence-corrected chi connectivity index (χ4v) is 3.27. The number of benzene rings is 1. The van der Waals surface area contributed by atoms with Crippen LogP contribution in [-0.4, -0.2) is 52.9 Å². The number of nitrogens with zero attached hydrogens (tertiary/aromatic N) is 4. The Bertz CT molecular complexity index is 986. The molecule has 1 aliphatic heterocycles. The monoisotopic (exact) mass is 387 g/mol. The van der Waals surface area contributed by atoms with E-state index in [1.54, 1.807) is 35.4 Å². The summed E-state index contributed by atoms with van der Waals surface area (Å²) in [4.78, 5) is 37.8. The first-order valence-electron chi connectivity index (χ1n) is 9.48. The molecule has 1 aromatic carbocycles. The number of hydrogen-bond donors (Lipinski definition) is 1. The first kappa shape index (κ1) is 18.6. The Morgan fingerprint density at radius 3 is 2.31 bits per heavy atom. The minimum absolute atomic E-state index is 0.0955. The highest BCUT2D eigenvalue weighted by atomic mass is 16.2. The summed E-state index contributed by atoms with van der Waals surface area (Å²) in [7, 11) is 0. The number of anilines is 2. The molecule has 3 heterocycles. The molecule has 0 spiro atoms. The molecule has 7 nitrogen and oxygen atoms in total. The third-order valence-corrected chi connectivity index (χ3v) is 4.81. The molecule has 4 rings (SSSR count). The topological polar surface area (TPSA) is 78.4 Å². The Morgan fingerprint density at radius 1 is 0.828 bits per heavy atom. The average molecular weight is 387 g/mol. The van der Waals surface area contributed by atoms with Gasteiger partial charge in [-0.25, -0.2) is 4.98 Å². The summed E-state index contributed by atoms with van der Waals surface area (Å²) in [5, 5.41) is 2.79. The number of hydrogen-bond acceptors (Lipinski definition) is 5. The Hall–Kier alpha value is -3.74. The molecule has 0 bridgehead atoms. The van der Waals surface area contributed by atoms with Crippen LogP contribution < -0.4 is 10.2 Å². The van der Waals surface area contributed by atoms with Crippen molar-refractivity contribution >= 4 is 23.3 Å². The van der Waals surface area contributed by atoms with Crippen LogP contribution in [-0.2, 0) is 0 Å². The highest BCUT2D eigenvalue weighted by Crippen LogP contribution is 2.15. The van der Waals surface area contributed by atoms with Crippen molar-refractivity contribution in [3.05, 3.63) is 84.3 Å². The maximum Gasteiger partial charge on any atom is 0.274 e. The smallest absolute Gasteiger partial charge is 0.274 e. The SMILES string of the molecule is O=C(Nc1ccccc1)c1cc(C(=O)N2CCN(c3ccccn3)CC2)ccn1. The zero-order valence-electron chi connectivity index (χ0n) is 15.9. The lowest BCUT2D eigenvalue weighted by molar-refractivity contribution is 0.0746. The molecule has 1 saturated heterocycles. The summed E-state index contributed by atoms with van der Waals surface area (Å²) in [5.41, 5.74) is 1.36. The lowest BCUT2D eigenvalue weighted by Crippen LogP contribution is -2.49. The molecule has 0 atom stereocenters. The van der Waals surface area contributed by atoms with E-state index in [4.69, 9.17) is 0 Å². The van der Waals surface area contributed by atoms with Crippen LogP contribution in [0.4, 0.5) is 11.5 Å². The van der Waals surface area contributed by atoms with Crippen molar-refractivity contribution in [1.29, 1.82) is 0 Å². The molecule has 146 valence electrons. The minimum atomic E-state index is -0.342. The number of aromatic nitrogens is 2. The van der Waals surface area contributed by atoms with Crippen molar-refractivity contribution in [3.8, 4) is 0 Å². The normalized spacial score (nSPS) is 13.8. The summed E-state index contributed by atoms with van der Waals surface area (Å²) in [6.45, 7) is 2.64. The van der Waals surface area contributed by atoms with E-state index in [0.29, 0.717) is 24.3 Å². The Labute approximate surface area is 169 Å². The van der Waals surface area contributed by atoms with Gasteiger partial charge in [0.1, 0.15) is 11.5 Å². The maximum atomic E-state index is 12.9. The molecule has 2 aromatic heterocycles. The predicted octanol–water partition coefficient (Wildman–Crippen LogP) is 2.69. The number of piperazine rings is 1. The largest absolute Gasteiger partial charge is 0.353 e. The van der Waals surface area contributed by atoms with Crippen LogP contribution in [0.1, 0.15) is 20.8 Å². The van der Waals surface area contributed by atoms with Crippen LogP contribution in [0.3, 0.4) is 0 Å². The maximum absolute atomic E-state index is 12.9. The van der Waals surface area contributed by atoms with Gasteiger partial charge in [0.2, 0.25) is 0 Å². The molecule has 1 aliphatic rings. The van der Waals surface area contributed by atoms with E-state index >= 15 is 0 Å². The molecule has 1 N–H and O–H groups in total. The van der Waals surface area contributed by atoms with Crippen molar-refractivity contribution in [2.75, 3.05) is 36.4 Å². The van der Waals surface area contributed by atoms with Gasteiger partial charge >= 0.3 is 0 Å².